The van der Waals surface area contributed by atoms with Crippen molar-refractivity contribution < 1.29 is 9.84 Å². The van der Waals surface area contributed by atoms with E-state index in [2.05, 4.69) is 15.3 Å². The number of aliphatic hydroxyl groups excluding tert-OH is 1. The quantitative estimate of drug-likeness (QED) is 0.883. The zero-order valence-electron chi connectivity index (χ0n) is 9.33. The number of methoxy groups -OCH3 is 1. The summed E-state index contributed by atoms with van der Waals surface area (Å²) in [5.74, 6) is 0.386. The van der Waals surface area contributed by atoms with Crippen molar-refractivity contribution in [2.24, 2.45) is 7.05 Å². The lowest BCUT2D eigenvalue weighted by molar-refractivity contribution is 0.203. The summed E-state index contributed by atoms with van der Waals surface area (Å²) in [7, 11) is 3.19. The van der Waals surface area contributed by atoms with Crippen LogP contribution in [0.25, 0.3) is 0 Å². The molecule has 0 fully saturated rings. The van der Waals surface area contributed by atoms with E-state index in [0.29, 0.717) is 22.3 Å². The van der Waals surface area contributed by atoms with Crippen LogP contribution >= 0.6 is 11.6 Å². The molecule has 1 unspecified atom stereocenters. The molecule has 0 aliphatic heterocycles. The van der Waals surface area contributed by atoms with E-state index in [0.717, 1.165) is 0 Å². The van der Waals surface area contributed by atoms with E-state index in [-0.39, 0.29) is 0 Å². The molecule has 2 heterocycles. The first-order chi connectivity index (χ1) is 8.13. The van der Waals surface area contributed by atoms with Crippen LogP contribution in [-0.4, -0.2) is 32.2 Å². The summed E-state index contributed by atoms with van der Waals surface area (Å²) in [5.41, 5.74) is 0.863. The second-order valence-corrected chi connectivity index (χ2v) is 3.81. The van der Waals surface area contributed by atoms with Crippen molar-refractivity contribution in [3.8, 4) is 5.88 Å². The van der Waals surface area contributed by atoms with Crippen LogP contribution < -0.4 is 4.74 Å². The summed E-state index contributed by atoms with van der Waals surface area (Å²) in [6.07, 6.45) is 0.505. The van der Waals surface area contributed by atoms with Gasteiger partial charge in [-0.3, -0.25) is 4.68 Å². The molecule has 2 aromatic rings. The topological polar surface area (TPSA) is 73.1 Å². The number of aryl methyl sites for hydroxylation is 1. The normalized spacial score (nSPS) is 12.5. The van der Waals surface area contributed by atoms with Crippen molar-refractivity contribution in [1.29, 1.82) is 0 Å². The highest BCUT2D eigenvalue weighted by Gasteiger charge is 2.20. The molecule has 2 aromatic heterocycles. The van der Waals surface area contributed by atoms with Crippen LogP contribution in [0.2, 0.25) is 5.02 Å². The van der Waals surface area contributed by atoms with Gasteiger partial charge in [-0.05, 0) is 6.07 Å². The van der Waals surface area contributed by atoms with Gasteiger partial charge in [0.25, 0.3) is 0 Å². The molecule has 0 aliphatic carbocycles. The molecule has 0 saturated carbocycles. The Morgan fingerprint density at radius 1 is 1.41 bits per heavy atom. The lowest BCUT2D eigenvalue weighted by Gasteiger charge is -2.10. The van der Waals surface area contributed by atoms with Crippen molar-refractivity contribution in [2.45, 2.75) is 6.10 Å². The number of aromatic nitrogens is 4. The molecular weight excluding hydrogens is 244 g/mol. The monoisotopic (exact) mass is 254 g/mol. The molecule has 2 rings (SSSR count). The van der Waals surface area contributed by atoms with Crippen LogP contribution in [0.1, 0.15) is 17.5 Å². The molecular formula is C10H11ClN4O2. The van der Waals surface area contributed by atoms with Gasteiger partial charge in [-0.1, -0.05) is 11.6 Å². The van der Waals surface area contributed by atoms with Gasteiger partial charge >= 0.3 is 0 Å². The maximum absolute atomic E-state index is 10.1. The Labute approximate surface area is 103 Å². The fourth-order valence-corrected chi connectivity index (χ4v) is 1.72. The van der Waals surface area contributed by atoms with Gasteiger partial charge in [-0.2, -0.15) is 5.10 Å². The highest BCUT2D eigenvalue weighted by Crippen LogP contribution is 2.26. The predicted octanol–water partition coefficient (Wildman–Crippen LogP) is 0.954. The second-order valence-electron chi connectivity index (χ2n) is 3.40. The molecule has 17 heavy (non-hydrogen) atoms. The van der Waals surface area contributed by atoms with E-state index in [1.807, 2.05) is 0 Å². The standard InChI is InChI=1S/C10H11ClN4O2/c1-15-9(6(11)5-12-15)10(16)7-3-4-8(17-2)14-13-7/h3-5,10,16H,1-2H3. The molecule has 0 spiro atoms. The number of hydrogen-bond acceptors (Lipinski definition) is 5. The van der Waals surface area contributed by atoms with Crippen LogP contribution in [0.3, 0.4) is 0 Å². The summed E-state index contributed by atoms with van der Waals surface area (Å²) >= 11 is 5.93. The van der Waals surface area contributed by atoms with Gasteiger partial charge in [0.1, 0.15) is 6.10 Å². The molecule has 0 aromatic carbocycles. The molecule has 90 valence electrons. The van der Waals surface area contributed by atoms with Crippen LogP contribution in [0.15, 0.2) is 18.3 Å². The van der Waals surface area contributed by atoms with Crippen molar-refractivity contribution >= 4 is 11.6 Å². The number of ether oxygens (including phenoxy) is 1. The van der Waals surface area contributed by atoms with E-state index >= 15 is 0 Å². The first-order valence-electron chi connectivity index (χ1n) is 4.86. The number of aliphatic hydroxyl groups is 1. The van der Waals surface area contributed by atoms with Crippen molar-refractivity contribution in [3.63, 3.8) is 0 Å². The average Bonchev–Trinajstić information content (AvgIpc) is 2.68. The first kappa shape index (κ1) is 11.8. The molecule has 0 bridgehead atoms. The minimum Gasteiger partial charge on any atom is -0.480 e. The minimum absolute atomic E-state index is 0.385. The van der Waals surface area contributed by atoms with Crippen molar-refractivity contribution in [3.05, 3.63) is 34.7 Å². The fourth-order valence-electron chi connectivity index (χ4n) is 1.45. The molecule has 1 atom stereocenters. The Morgan fingerprint density at radius 3 is 2.65 bits per heavy atom. The number of hydrogen-bond donors (Lipinski definition) is 1. The summed E-state index contributed by atoms with van der Waals surface area (Å²) in [6, 6.07) is 3.25. The Morgan fingerprint density at radius 2 is 2.18 bits per heavy atom. The Bertz CT molecular complexity index is 492. The van der Waals surface area contributed by atoms with E-state index < -0.39 is 6.10 Å². The summed E-state index contributed by atoms with van der Waals surface area (Å²) in [5, 5.41) is 22.1. The third kappa shape index (κ3) is 2.22. The van der Waals surface area contributed by atoms with Crippen LogP contribution in [0, 0.1) is 0 Å². The van der Waals surface area contributed by atoms with Gasteiger partial charge in [-0.15, -0.1) is 10.2 Å². The number of rotatable bonds is 3. The number of halogens is 1. The zero-order valence-corrected chi connectivity index (χ0v) is 10.1. The Kier molecular flexibility index (Phi) is 3.26. The molecule has 0 amide bonds. The van der Waals surface area contributed by atoms with Crippen LogP contribution in [-0.2, 0) is 7.05 Å². The highest BCUT2D eigenvalue weighted by atomic mass is 35.5. The first-order valence-corrected chi connectivity index (χ1v) is 5.24. The van der Waals surface area contributed by atoms with Gasteiger partial charge in [0.05, 0.1) is 29.7 Å². The van der Waals surface area contributed by atoms with Crippen LogP contribution in [0.5, 0.6) is 5.88 Å². The molecule has 0 saturated heterocycles. The molecule has 6 nitrogen and oxygen atoms in total. The van der Waals surface area contributed by atoms with Gasteiger partial charge in [0.15, 0.2) is 0 Å². The average molecular weight is 255 g/mol. The Balaban J connectivity index is 2.33. The largest absolute Gasteiger partial charge is 0.480 e. The second kappa shape index (κ2) is 4.68. The Hall–Kier alpha value is -1.66. The van der Waals surface area contributed by atoms with E-state index in [9.17, 15) is 5.11 Å². The third-order valence-corrected chi connectivity index (χ3v) is 2.64. The predicted molar refractivity (Wildman–Crippen MR) is 60.9 cm³/mol. The lowest BCUT2D eigenvalue weighted by atomic mass is 10.2. The zero-order chi connectivity index (χ0) is 12.4. The summed E-state index contributed by atoms with van der Waals surface area (Å²) in [6.45, 7) is 0. The fraction of sp³-hybridized carbons (Fsp3) is 0.300. The van der Waals surface area contributed by atoms with Gasteiger partial charge < -0.3 is 9.84 Å². The van der Waals surface area contributed by atoms with Crippen LogP contribution in [0.4, 0.5) is 0 Å². The maximum atomic E-state index is 10.1. The highest BCUT2D eigenvalue weighted by molar-refractivity contribution is 6.31. The summed E-state index contributed by atoms with van der Waals surface area (Å²) < 4.78 is 6.39. The molecule has 0 aliphatic rings. The third-order valence-electron chi connectivity index (χ3n) is 2.35. The summed E-state index contributed by atoms with van der Waals surface area (Å²) in [4.78, 5) is 0. The van der Waals surface area contributed by atoms with E-state index in [4.69, 9.17) is 16.3 Å². The molecule has 0 radical (unpaired) electrons. The van der Waals surface area contributed by atoms with Gasteiger partial charge in [0, 0.05) is 13.1 Å². The van der Waals surface area contributed by atoms with E-state index in [1.165, 1.54) is 18.0 Å². The molecule has 7 heteroatoms. The SMILES string of the molecule is COc1ccc(C(O)c2c(Cl)cnn2C)nn1. The lowest BCUT2D eigenvalue weighted by Crippen LogP contribution is -2.09. The van der Waals surface area contributed by atoms with Gasteiger partial charge in [0.2, 0.25) is 5.88 Å². The van der Waals surface area contributed by atoms with Gasteiger partial charge in [-0.25, -0.2) is 0 Å². The van der Waals surface area contributed by atoms with Crippen molar-refractivity contribution in [1.82, 2.24) is 20.0 Å². The minimum atomic E-state index is -0.964. The molecule has 1 N–H and O–H groups in total. The van der Waals surface area contributed by atoms with Crippen molar-refractivity contribution in [2.75, 3.05) is 7.11 Å². The van der Waals surface area contributed by atoms with E-state index in [1.54, 1.807) is 19.2 Å². The number of nitrogens with zero attached hydrogens (tertiary/aromatic N) is 4. The smallest absolute Gasteiger partial charge is 0.233 e. The maximum Gasteiger partial charge on any atom is 0.233 e.